The zero-order valence-corrected chi connectivity index (χ0v) is 76.6. The molecule has 6 aliphatic rings. The molecule has 6 saturated heterocycles. The van der Waals surface area contributed by atoms with Crippen LogP contribution in [0.15, 0.2) is 182 Å². The second-order valence-electron chi connectivity index (χ2n) is 27.0. The number of benzene rings is 7. The Morgan fingerprint density at radius 2 is 0.427 bits per heavy atom. The van der Waals surface area contributed by atoms with Crippen LogP contribution < -0.4 is 62.8 Å². The van der Waals surface area contributed by atoms with E-state index >= 15 is 22.8 Å². The van der Waals surface area contributed by atoms with E-state index in [1.54, 1.807) is 227 Å². The van der Waals surface area contributed by atoms with Crippen LogP contribution in [0.25, 0.3) is 0 Å². The third kappa shape index (κ3) is 17.0. The molecule has 6 fully saturated rings. The zero-order valence-electron chi connectivity index (χ0n) is 64.1. The molecule has 596 valence electrons. The van der Waals surface area contributed by atoms with E-state index in [1.165, 1.54) is 0 Å². The Bertz CT molecular complexity index is 4530. The highest BCUT2D eigenvalue weighted by atomic mass is 31.2. The van der Waals surface area contributed by atoms with Gasteiger partial charge in [0.05, 0.1) is 92.6 Å². The maximum absolute atomic E-state index is 15.1. The van der Waals surface area contributed by atoms with Crippen molar-refractivity contribution >= 4 is 171 Å². The normalized spacial score (nSPS) is 26.7. The Balaban J connectivity index is 1.31. The zero-order chi connectivity index (χ0) is 78.8. The maximum atomic E-state index is 15.1. The quantitative estimate of drug-likeness (QED) is 0.0264. The van der Waals surface area contributed by atoms with Gasteiger partial charge in [0.15, 0.2) is 0 Å². The van der Waals surface area contributed by atoms with E-state index in [0.29, 0.717) is 16.8 Å². The van der Waals surface area contributed by atoms with E-state index in [9.17, 15) is 0 Å². The summed E-state index contributed by atoms with van der Waals surface area (Å²) in [6.07, 6.45) is 0.538. The summed E-state index contributed by atoms with van der Waals surface area (Å²) >= 11 is 0. The lowest BCUT2D eigenvalue weighted by Gasteiger charge is -2.63. The van der Waals surface area contributed by atoms with Crippen LogP contribution >= 0.6 is 38.0 Å². The average molecular weight is 1750 g/mol. The first-order valence-corrected chi connectivity index (χ1v) is 58.7. The second kappa shape index (κ2) is 34.2. The van der Waals surface area contributed by atoms with E-state index in [2.05, 4.69) is 27.7 Å². The minimum absolute atomic E-state index is 0.0119. The van der Waals surface area contributed by atoms with Gasteiger partial charge < -0.3 is 94.6 Å². The van der Waals surface area contributed by atoms with Crippen molar-refractivity contribution in [2.45, 2.75) is 109 Å². The molecule has 9 atom stereocenters. The molecule has 110 heavy (non-hydrogen) atoms. The van der Waals surface area contributed by atoms with Gasteiger partial charge in [-0.1, -0.05) is 149 Å². The smallest absolute Gasteiger partial charge is 0.370 e. The minimum atomic E-state index is -5.66. The predicted octanol–water partition coefficient (Wildman–Crippen LogP) is 9.64. The van der Waals surface area contributed by atoms with Crippen molar-refractivity contribution in [1.82, 2.24) is 0 Å². The summed E-state index contributed by atoms with van der Waals surface area (Å²) < 4.78 is 237. The molecular formula is C70H97O27P5Si8. The van der Waals surface area contributed by atoms with Crippen LogP contribution in [0.3, 0.4) is 0 Å². The molecule has 0 amide bonds. The monoisotopic (exact) mass is 1750 g/mol. The van der Waals surface area contributed by atoms with Gasteiger partial charge in [-0.3, -0.25) is 22.8 Å². The van der Waals surface area contributed by atoms with Crippen LogP contribution in [-0.4, -0.2) is 137 Å². The Labute approximate surface area is 653 Å². The molecule has 0 spiro atoms. The molecule has 27 nitrogen and oxygen atoms in total. The molecule has 13 rings (SSSR count). The van der Waals surface area contributed by atoms with E-state index in [1.807, 2.05) is 24.3 Å². The summed E-state index contributed by atoms with van der Waals surface area (Å²) in [7, 11) is -64.2. The van der Waals surface area contributed by atoms with Crippen molar-refractivity contribution in [3.8, 4) is 0 Å². The summed E-state index contributed by atoms with van der Waals surface area (Å²) in [5.41, 5.74) is -0.350. The van der Waals surface area contributed by atoms with Gasteiger partial charge in [0.1, 0.15) is 0 Å². The molecule has 0 radical (unpaired) electrons. The molecule has 0 saturated carbocycles. The Morgan fingerprint density at radius 3 is 0.591 bits per heavy atom. The number of hydrogen-bond donors (Lipinski definition) is 0. The molecule has 7 aromatic carbocycles. The predicted molar refractivity (Wildman–Crippen MR) is 432 cm³/mol. The Hall–Kier alpha value is -3.45. The molecule has 0 aliphatic carbocycles. The van der Waals surface area contributed by atoms with E-state index in [4.69, 9.17) is 94.6 Å². The summed E-state index contributed by atoms with van der Waals surface area (Å²) in [5.74, 6) is -0.386. The second-order valence-corrected chi connectivity index (χ2v) is 60.5. The lowest BCUT2D eigenvalue weighted by molar-refractivity contribution is -0.00777. The van der Waals surface area contributed by atoms with Crippen LogP contribution in [0.4, 0.5) is 0 Å². The fraction of sp³-hybridized carbons (Fsp3) is 0.400. The molecule has 6 aliphatic heterocycles. The van der Waals surface area contributed by atoms with Crippen LogP contribution in [0, 0.1) is 11.3 Å². The number of rotatable bonds is 35. The lowest BCUT2D eigenvalue weighted by atomic mass is 9.86. The SMILES string of the molecule is CCOP(=O)(OCC)c1ccc([Si]23O[Si]4(CC(C)CC(C)(C)C)O[Si]5(c6ccccc6)O[Si](c6ccccc6)(O2)O[Si]2(c6ccc(P(=O)(OCC)OCC)cc6)O[Si](c6ccc(P(=O)(OCC)OCC)cc6)(O5)O[Si](c5ccc(P(=O)(OCC)OCC)cc5)(O4)O[Si](c4ccc(P(=O)(OCC)OCC)cc4)(O3)O2)cc1. The minimum Gasteiger partial charge on any atom is -0.370 e. The van der Waals surface area contributed by atoms with Gasteiger partial charge in [0, 0.05) is 42.4 Å². The fourth-order valence-corrected chi connectivity index (χ4v) is 68.2. The fourth-order valence-electron chi connectivity index (χ4n) is 13.8. The Morgan fingerprint density at radius 1 is 0.264 bits per heavy atom. The van der Waals surface area contributed by atoms with Gasteiger partial charge in [0.25, 0.3) is 0 Å². The van der Waals surface area contributed by atoms with Crippen molar-refractivity contribution in [3.63, 3.8) is 0 Å². The van der Waals surface area contributed by atoms with Gasteiger partial charge in [-0.15, -0.1) is 0 Å². The topological polar surface area (TPSA) is 288 Å². The third-order valence-electron chi connectivity index (χ3n) is 17.8. The molecular weight excluding hydrogens is 1650 g/mol. The summed E-state index contributed by atoms with van der Waals surface area (Å²) in [4.78, 5) is 0. The van der Waals surface area contributed by atoms with Gasteiger partial charge in [-0.05, 0) is 148 Å². The highest BCUT2D eigenvalue weighted by molar-refractivity contribution is 7.63. The maximum Gasteiger partial charge on any atom is 0.515 e. The summed E-state index contributed by atoms with van der Waals surface area (Å²) in [6.45, 7) is 25.7. The third-order valence-corrected chi connectivity index (χ3v) is 63.2. The van der Waals surface area contributed by atoms with Crippen molar-refractivity contribution in [1.29, 1.82) is 0 Å². The highest BCUT2D eigenvalue weighted by Crippen LogP contribution is 2.55. The van der Waals surface area contributed by atoms with Crippen molar-refractivity contribution in [2.24, 2.45) is 11.3 Å². The van der Waals surface area contributed by atoms with Gasteiger partial charge in [-0.2, -0.15) is 0 Å². The van der Waals surface area contributed by atoms with E-state index in [0.717, 1.165) is 0 Å². The molecule has 7 aromatic rings. The van der Waals surface area contributed by atoms with Crippen molar-refractivity contribution < 1.29 is 117 Å². The van der Waals surface area contributed by atoms with E-state index in [-0.39, 0.29) is 136 Å². The van der Waals surface area contributed by atoms with E-state index < -0.39 is 108 Å². The van der Waals surface area contributed by atoms with Gasteiger partial charge >= 0.3 is 108 Å². The largest absolute Gasteiger partial charge is 0.515 e. The first kappa shape index (κ1) is 85.9. The molecule has 8 bridgehead atoms. The van der Waals surface area contributed by atoms with Crippen LogP contribution in [0.2, 0.25) is 6.04 Å². The van der Waals surface area contributed by atoms with Crippen molar-refractivity contribution in [3.05, 3.63) is 182 Å². The number of hydrogen-bond acceptors (Lipinski definition) is 27. The molecule has 6 heterocycles. The molecule has 9 unspecified atom stereocenters. The molecule has 40 heteroatoms. The van der Waals surface area contributed by atoms with Crippen LogP contribution in [0.1, 0.15) is 103 Å². The molecule has 0 N–H and O–H groups in total. The Kier molecular flexibility index (Phi) is 26.7. The van der Waals surface area contributed by atoms with Crippen molar-refractivity contribution in [2.75, 3.05) is 66.1 Å². The lowest BCUT2D eigenvalue weighted by Crippen LogP contribution is -2.95. The van der Waals surface area contributed by atoms with Crippen LogP contribution in [-0.2, 0) is 117 Å². The molecule has 0 aromatic heterocycles. The first-order chi connectivity index (χ1) is 52.5. The first-order valence-electron chi connectivity index (χ1n) is 37.0. The van der Waals surface area contributed by atoms with Crippen LogP contribution in [0.5, 0.6) is 0 Å². The highest BCUT2D eigenvalue weighted by Gasteiger charge is 2.86. The standard InChI is InChI=1S/C70H97O27P5Si8/c1-15-76-98(71,77-16-2)58-35-45-65(46-36-58)105-87-103(56-57(11)55-70(12,13)14)86-104(63-31-27-25-28-32-63)89-107(91-105,64-33-29-26-30-34-64)95-110(69-53-43-62(44-54-69)102(75,84-23-9)85-24-10)96-108(90-104,67-49-39-60(40-50-67)100(73,80-19-5)81-20-6)93-106(88-103,66-47-37-59(38-48-66)99(72,78-17-3)79-18-4)94-109(92-105,97-110)68-51-41-61(42-52-68)101(74,82-21-7)83-22-8/h25-54,57H,15-24,55-56H2,1-14H3. The summed E-state index contributed by atoms with van der Waals surface area (Å²) in [6, 6.07) is 49.9. The van der Waals surface area contributed by atoms with Gasteiger partial charge in [-0.25, -0.2) is 0 Å². The summed E-state index contributed by atoms with van der Waals surface area (Å²) in [5, 5.41) is 2.17. The average Bonchev–Trinajstić information content (AvgIpc) is 0.666. The van der Waals surface area contributed by atoms with Gasteiger partial charge in [0.2, 0.25) is 0 Å².